The molecule has 2 aromatic rings. The maximum absolute atomic E-state index is 13.2. The van der Waals surface area contributed by atoms with E-state index in [1.165, 1.54) is 18.2 Å². The number of ether oxygens (including phenoxy) is 2. The Bertz CT molecular complexity index is 582. The van der Waals surface area contributed by atoms with Crippen molar-refractivity contribution in [1.29, 1.82) is 0 Å². The van der Waals surface area contributed by atoms with E-state index in [-0.39, 0.29) is 0 Å². The molecule has 1 N–H and O–H groups in total. The molecule has 0 saturated carbocycles. The third kappa shape index (κ3) is 3.56. The Morgan fingerprint density at radius 1 is 1.20 bits per heavy atom. The smallest absolute Gasteiger partial charge is 0.133 e. The summed E-state index contributed by atoms with van der Waals surface area (Å²) in [6.07, 6.45) is -0.803. The first kappa shape index (κ1) is 14.5. The molecule has 0 bridgehead atoms. The number of methoxy groups -OCH3 is 1. The Labute approximate surface area is 117 Å². The maximum Gasteiger partial charge on any atom is 0.133 e. The van der Waals surface area contributed by atoms with Gasteiger partial charge in [0.05, 0.1) is 12.7 Å². The van der Waals surface area contributed by atoms with Crippen LogP contribution in [0.4, 0.5) is 4.39 Å². The van der Waals surface area contributed by atoms with Gasteiger partial charge in [0, 0.05) is 12.7 Å². The van der Waals surface area contributed by atoms with Gasteiger partial charge in [0.25, 0.3) is 0 Å². The zero-order valence-electron chi connectivity index (χ0n) is 11.5. The molecule has 0 amide bonds. The van der Waals surface area contributed by atoms with E-state index >= 15 is 0 Å². The van der Waals surface area contributed by atoms with E-state index in [2.05, 4.69) is 0 Å². The average molecular weight is 276 g/mol. The highest BCUT2D eigenvalue weighted by Gasteiger charge is 2.11. The molecule has 0 aromatic heterocycles. The van der Waals surface area contributed by atoms with E-state index in [4.69, 9.17) is 9.47 Å². The van der Waals surface area contributed by atoms with E-state index in [9.17, 15) is 9.50 Å². The predicted octanol–water partition coefficient (Wildman–Crippen LogP) is 3.82. The number of aliphatic hydroxyl groups is 1. The third-order valence-corrected chi connectivity index (χ3v) is 2.86. The van der Waals surface area contributed by atoms with Crippen LogP contribution in [0.25, 0.3) is 0 Å². The lowest BCUT2D eigenvalue weighted by Gasteiger charge is -2.14. The Morgan fingerprint density at radius 3 is 2.70 bits per heavy atom. The molecule has 20 heavy (non-hydrogen) atoms. The summed E-state index contributed by atoms with van der Waals surface area (Å²) in [7, 11) is 1.62. The molecular formula is C16H17FO3. The first-order chi connectivity index (χ1) is 9.60. The quantitative estimate of drug-likeness (QED) is 0.902. The van der Waals surface area contributed by atoms with E-state index < -0.39 is 11.9 Å². The van der Waals surface area contributed by atoms with Gasteiger partial charge in [0.2, 0.25) is 0 Å². The molecule has 0 aliphatic carbocycles. The number of halogens is 1. The molecule has 106 valence electrons. The second kappa shape index (κ2) is 6.50. The Balaban J connectivity index is 2.27. The molecule has 1 atom stereocenters. The van der Waals surface area contributed by atoms with Gasteiger partial charge in [-0.25, -0.2) is 4.39 Å². The van der Waals surface area contributed by atoms with Crippen LogP contribution in [-0.2, 0) is 11.3 Å². The van der Waals surface area contributed by atoms with E-state index in [0.717, 1.165) is 5.56 Å². The molecule has 1 unspecified atom stereocenters. The molecule has 0 aliphatic rings. The van der Waals surface area contributed by atoms with E-state index in [1.807, 2.05) is 18.2 Å². The topological polar surface area (TPSA) is 38.7 Å². The standard InChI is InChI=1S/C16H17FO3/c1-11(18)15-9-13(17)6-7-16(15)20-14-5-3-4-12(8-14)10-19-2/h3-9,11,18H,10H2,1-2H3. The van der Waals surface area contributed by atoms with Crippen molar-refractivity contribution >= 4 is 0 Å². The molecule has 2 rings (SSSR count). The van der Waals surface area contributed by atoms with E-state index in [1.54, 1.807) is 20.1 Å². The zero-order chi connectivity index (χ0) is 14.5. The normalized spacial score (nSPS) is 12.2. The Morgan fingerprint density at radius 2 is 2.00 bits per heavy atom. The van der Waals surface area contributed by atoms with Crippen molar-refractivity contribution in [3.8, 4) is 11.5 Å². The van der Waals surface area contributed by atoms with Crippen molar-refractivity contribution in [2.75, 3.05) is 7.11 Å². The SMILES string of the molecule is COCc1cccc(Oc2ccc(F)cc2C(C)O)c1. The summed E-state index contributed by atoms with van der Waals surface area (Å²) in [4.78, 5) is 0. The molecule has 0 saturated heterocycles. The molecule has 3 nitrogen and oxygen atoms in total. The van der Waals surface area contributed by atoms with Gasteiger partial charge in [-0.15, -0.1) is 0 Å². The summed E-state index contributed by atoms with van der Waals surface area (Å²) in [5.41, 5.74) is 1.40. The first-order valence-electron chi connectivity index (χ1n) is 6.33. The second-order valence-corrected chi connectivity index (χ2v) is 4.54. The predicted molar refractivity (Wildman–Crippen MR) is 74.3 cm³/mol. The van der Waals surface area contributed by atoms with Crippen LogP contribution < -0.4 is 4.74 Å². The molecule has 0 aliphatic heterocycles. The van der Waals surface area contributed by atoms with Crippen molar-refractivity contribution in [1.82, 2.24) is 0 Å². The lowest BCUT2D eigenvalue weighted by atomic mass is 10.1. The number of benzene rings is 2. The molecular weight excluding hydrogens is 259 g/mol. The van der Waals surface area contributed by atoms with Crippen LogP contribution >= 0.6 is 0 Å². The molecule has 0 spiro atoms. The highest BCUT2D eigenvalue weighted by molar-refractivity contribution is 5.40. The molecule has 0 fully saturated rings. The van der Waals surface area contributed by atoms with Crippen LogP contribution in [0.3, 0.4) is 0 Å². The van der Waals surface area contributed by atoms with E-state index in [0.29, 0.717) is 23.7 Å². The first-order valence-corrected chi connectivity index (χ1v) is 6.33. The van der Waals surface area contributed by atoms with Gasteiger partial charge < -0.3 is 14.6 Å². The van der Waals surface area contributed by atoms with Crippen LogP contribution in [0.15, 0.2) is 42.5 Å². The minimum atomic E-state index is -0.803. The minimum Gasteiger partial charge on any atom is -0.457 e. The van der Waals surface area contributed by atoms with Gasteiger partial charge in [-0.05, 0) is 42.8 Å². The van der Waals surface area contributed by atoms with Gasteiger partial charge in [0.15, 0.2) is 0 Å². The second-order valence-electron chi connectivity index (χ2n) is 4.54. The number of hydrogen-bond donors (Lipinski definition) is 1. The maximum atomic E-state index is 13.2. The molecule has 2 aromatic carbocycles. The van der Waals surface area contributed by atoms with Gasteiger partial charge in [0.1, 0.15) is 17.3 Å². The summed E-state index contributed by atoms with van der Waals surface area (Å²) in [5, 5.41) is 9.68. The number of aliphatic hydroxyl groups excluding tert-OH is 1. The largest absolute Gasteiger partial charge is 0.457 e. The van der Waals surface area contributed by atoms with Crippen LogP contribution in [0.5, 0.6) is 11.5 Å². The lowest BCUT2D eigenvalue weighted by molar-refractivity contribution is 0.184. The molecule has 0 heterocycles. The highest BCUT2D eigenvalue weighted by Crippen LogP contribution is 2.30. The van der Waals surface area contributed by atoms with Crippen LogP contribution in [-0.4, -0.2) is 12.2 Å². The molecule has 4 heteroatoms. The number of rotatable bonds is 5. The molecule has 0 radical (unpaired) electrons. The fourth-order valence-corrected chi connectivity index (χ4v) is 1.93. The fourth-order valence-electron chi connectivity index (χ4n) is 1.93. The third-order valence-electron chi connectivity index (χ3n) is 2.86. The van der Waals surface area contributed by atoms with Crippen molar-refractivity contribution in [3.63, 3.8) is 0 Å². The average Bonchev–Trinajstić information content (AvgIpc) is 2.41. The van der Waals surface area contributed by atoms with Crippen molar-refractivity contribution in [2.24, 2.45) is 0 Å². The van der Waals surface area contributed by atoms with Gasteiger partial charge in [-0.2, -0.15) is 0 Å². The zero-order valence-corrected chi connectivity index (χ0v) is 11.5. The minimum absolute atomic E-state index is 0.401. The van der Waals surface area contributed by atoms with Crippen molar-refractivity contribution in [2.45, 2.75) is 19.6 Å². The van der Waals surface area contributed by atoms with Gasteiger partial charge in [-0.3, -0.25) is 0 Å². The fraction of sp³-hybridized carbons (Fsp3) is 0.250. The van der Waals surface area contributed by atoms with Gasteiger partial charge >= 0.3 is 0 Å². The Kier molecular flexibility index (Phi) is 4.71. The van der Waals surface area contributed by atoms with Crippen molar-refractivity contribution in [3.05, 3.63) is 59.4 Å². The van der Waals surface area contributed by atoms with Gasteiger partial charge in [-0.1, -0.05) is 12.1 Å². The summed E-state index contributed by atoms with van der Waals surface area (Å²) in [5.74, 6) is 0.658. The summed E-state index contributed by atoms with van der Waals surface area (Å²) >= 11 is 0. The lowest BCUT2D eigenvalue weighted by Crippen LogP contribution is -1.97. The summed E-state index contributed by atoms with van der Waals surface area (Å²) in [6.45, 7) is 2.06. The van der Waals surface area contributed by atoms with Crippen LogP contribution in [0.2, 0.25) is 0 Å². The Hall–Kier alpha value is -1.91. The van der Waals surface area contributed by atoms with Crippen molar-refractivity contribution < 1.29 is 19.0 Å². The van der Waals surface area contributed by atoms with Crippen LogP contribution in [0.1, 0.15) is 24.2 Å². The monoisotopic (exact) mass is 276 g/mol. The summed E-state index contributed by atoms with van der Waals surface area (Å²) < 4.78 is 24.0. The highest BCUT2D eigenvalue weighted by atomic mass is 19.1. The summed E-state index contributed by atoms with van der Waals surface area (Å²) in [6, 6.07) is 11.5. The number of hydrogen-bond acceptors (Lipinski definition) is 3. The van der Waals surface area contributed by atoms with Crippen LogP contribution in [0, 0.1) is 5.82 Å².